The molecule has 1 aliphatic carbocycles. The van der Waals surface area contributed by atoms with Gasteiger partial charge in [-0.3, -0.25) is 0 Å². The van der Waals surface area contributed by atoms with Crippen LogP contribution in [-0.4, -0.2) is 23.6 Å². The third-order valence-electron chi connectivity index (χ3n) is 3.19. The molecule has 1 aromatic rings. The van der Waals surface area contributed by atoms with Gasteiger partial charge >= 0.3 is 6.09 Å². The van der Waals surface area contributed by atoms with Crippen LogP contribution in [0.2, 0.25) is 0 Å². The summed E-state index contributed by atoms with van der Waals surface area (Å²) in [5.74, 6) is 0.592. The van der Waals surface area contributed by atoms with Crippen LogP contribution < -0.4 is 4.74 Å². The van der Waals surface area contributed by atoms with Gasteiger partial charge < -0.3 is 9.64 Å². The summed E-state index contributed by atoms with van der Waals surface area (Å²) < 4.78 is 5.33. The summed E-state index contributed by atoms with van der Waals surface area (Å²) in [4.78, 5) is 13.7. The Hall–Kier alpha value is -1.51. The standard InChI is InChI=1S/C14H18NO2/c1-2-15(12-8-6-7-9-12)14(16)17-13-10-4-3-5-11-13/h3-5,10-12H,1-2,6-9H2. The molecule has 1 saturated carbocycles. The Kier molecular flexibility index (Phi) is 4.02. The lowest BCUT2D eigenvalue weighted by Crippen LogP contribution is -2.40. The highest BCUT2D eigenvalue weighted by molar-refractivity contribution is 5.71. The van der Waals surface area contributed by atoms with Gasteiger partial charge in [-0.25, -0.2) is 4.79 Å². The van der Waals surface area contributed by atoms with Crippen LogP contribution in [0.1, 0.15) is 25.7 Å². The Balaban J connectivity index is 1.97. The molecule has 0 N–H and O–H groups in total. The molecule has 0 spiro atoms. The molecule has 17 heavy (non-hydrogen) atoms. The fraction of sp³-hybridized carbons (Fsp3) is 0.429. The topological polar surface area (TPSA) is 29.5 Å². The largest absolute Gasteiger partial charge is 0.415 e. The molecule has 3 heteroatoms. The molecule has 91 valence electrons. The minimum Gasteiger partial charge on any atom is -0.410 e. The lowest BCUT2D eigenvalue weighted by Gasteiger charge is -2.26. The molecule has 1 aromatic carbocycles. The van der Waals surface area contributed by atoms with E-state index in [4.69, 9.17) is 4.74 Å². The second-order valence-electron chi connectivity index (χ2n) is 4.31. The quantitative estimate of drug-likeness (QED) is 0.800. The smallest absolute Gasteiger partial charge is 0.410 e. The summed E-state index contributed by atoms with van der Waals surface area (Å²) >= 11 is 0. The fourth-order valence-electron chi connectivity index (χ4n) is 2.29. The SMILES string of the molecule is [CH2]CN(C(=O)Oc1ccccc1)C1CCCC1. The van der Waals surface area contributed by atoms with Gasteiger partial charge in [-0.15, -0.1) is 0 Å². The molecule has 1 radical (unpaired) electrons. The molecule has 0 atom stereocenters. The Labute approximate surface area is 102 Å². The van der Waals surface area contributed by atoms with Gasteiger partial charge in [-0.05, 0) is 31.9 Å². The van der Waals surface area contributed by atoms with E-state index >= 15 is 0 Å². The van der Waals surface area contributed by atoms with Crippen LogP contribution >= 0.6 is 0 Å². The third-order valence-corrected chi connectivity index (χ3v) is 3.19. The van der Waals surface area contributed by atoms with Gasteiger partial charge in [0.05, 0.1) is 0 Å². The van der Waals surface area contributed by atoms with Gasteiger partial charge in [0.1, 0.15) is 5.75 Å². The zero-order valence-corrected chi connectivity index (χ0v) is 9.97. The number of hydrogen-bond acceptors (Lipinski definition) is 2. The molecule has 2 rings (SSSR count). The number of hydrogen-bond donors (Lipinski definition) is 0. The highest BCUT2D eigenvalue weighted by Crippen LogP contribution is 2.24. The van der Waals surface area contributed by atoms with Crippen LogP contribution in [0.3, 0.4) is 0 Å². The first-order chi connectivity index (χ1) is 8.31. The van der Waals surface area contributed by atoms with Crippen molar-refractivity contribution in [3.63, 3.8) is 0 Å². The van der Waals surface area contributed by atoms with E-state index in [2.05, 4.69) is 6.92 Å². The van der Waals surface area contributed by atoms with E-state index in [0.29, 0.717) is 18.3 Å². The van der Waals surface area contributed by atoms with Crippen molar-refractivity contribution in [3.05, 3.63) is 37.3 Å². The molecule has 3 nitrogen and oxygen atoms in total. The number of para-hydroxylation sites is 1. The van der Waals surface area contributed by atoms with Gasteiger partial charge in [-0.2, -0.15) is 0 Å². The van der Waals surface area contributed by atoms with E-state index in [0.717, 1.165) is 12.8 Å². The lowest BCUT2D eigenvalue weighted by atomic mass is 10.2. The van der Waals surface area contributed by atoms with Crippen molar-refractivity contribution in [3.8, 4) is 5.75 Å². The number of ether oxygens (including phenoxy) is 1. The molecule has 0 aromatic heterocycles. The summed E-state index contributed by atoms with van der Waals surface area (Å²) in [6.45, 7) is 4.29. The Morgan fingerprint density at radius 2 is 1.94 bits per heavy atom. The highest BCUT2D eigenvalue weighted by atomic mass is 16.6. The van der Waals surface area contributed by atoms with Crippen LogP contribution in [0.15, 0.2) is 30.3 Å². The minimum absolute atomic E-state index is 0.280. The average molecular weight is 232 g/mol. The molecule has 0 bridgehead atoms. The van der Waals surface area contributed by atoms with Crippen molar-refractivity contribution in [2.24, 2.45) is 0 Å². The van der Waals surface area contributed by atoms with Crippen molar-refractivity contribution in [2.75, 3.05) is 6.54 Å². The number of carbonyl (C=O) groups excluding carboxylic acids is 1. The first-order valence-corrected chi connectivity index (χ1v) is 6.14. The molecule has 0 heterocycles. The fourth-order valence-corrected chi connectivity index (χ4v) is 2.29. The van der Waals surface area contributed by atoms with Crippen molar-refractivity contribution >= 4 is 6.09 Å². The average Bonchev–Trinajstić information content (AvgIpc) is 2.85. The number of carbonyl (C=O) groups is 1. The van der Waals surface area contributed by atoms with E-state index in [1.54, 1.807) is 17.0 Å². The van der Waals surface area contributed by atoms with Crippen molar-refractivity contribution in [1.82, 2.24) is 4.90 Å². The van der Waals surface area contributed by atoms with Gasteiger partial charge in [0, 0.05) is 12.6 Å². The Morgan fingerprint density at radius 3 is 2.53 bits per heavy atom. The summed E-state index contributed by atoms with van der Waals surface area (Å²) in [5, 5.41) is 0. The van der Waals surface area contributed by atoms with Gasteiger partial charge in [0.15, 0.2) is 0 Å². The monoisotopic (exact) mass is 232 g/mol. The van der Waals surface area contributed by atoms with Crippen molar-refractivity contribution < 1.29 is 9.53 Å². The number of benzene rings is 1. The van der Waals surface area contributed by atoms with Crippen LogP contribution in [0.5, 0.6) is 5.75 Å². The predicted octanol–water partition coefficient (Wildman–Crippen LogP) is 3.26. The first kappa shape index (κ1) is 12.0. The molecule has 1 amide bonds. The van der Waals surface area contributed by atoms with E-state index in [-0.39, 0.29) is 6.09 Å². The molecule has 0 unspecified atom stereocenters. The maximum absolute atomic E-state index is 12.0. The zero-order valence-electron chi connectivity index (χ0n) is 9.97. The van der Waals surface area contributed by atoms with Crippen LogP contribution in [0.4, 0.5) is 4.79 Å². The van der Waals surface area contributed by atoms with Crippen molar-refractivity contribution in [2.45, 2.75) is 31.7 Å². The zero-order chi connectivity index (χ0) is 12.1. The van der Waals surface area contributed by atoms with E-state index < -0.39 is 0 Å². The maximum Gasteiger partial charge on any atom is 0.415 e. The second-order valence-corrected chi connectivity index (χ2v) is 4.31. The van der Waals surface area contributed by atoms with Gasteiger partial charge in [0.25, 0.3) is 0 Å². The molecule has 1 aliphatic rings. The van der Waals surface area contributed by atoms with Crippen LogP contribution in [0, 0.1) is 6.92 Å². The number of rotatable bonds is 3. The minimum atomic E-state index is -0.280. The second kappa shape index (κ2) is 5.71. The van der Waals surface area contributed by atoms with Crippen LogP contribution in [0.25, 0.3) is 0 Å². The molecular formula is C14H18NO2. The first-order valence-electron chi connectivity index (χ1n) is 6.14. The normalized spacial score (nSPS) is 15.8. The molecular weight excluding hydrogens is 214 g/mol. The third kappa shape index (κ3) is 2.99. The molecule has 1 fully saturated rings. The van der Waals surface area contributed by atoms with Crippen molar-refractivity contribution in [1.29, 1.82) is 0 Å². The van der Waals surface area contributed by atoms with E-state index in [9.17, 15) is 4.79 Å². The summed E-state index contributed by atoms with van der Waals surface area (Å²) in [5.41, 5.74) is 0. The van der Waals surface area contributed by atoms with E-state index in [1.807, 2.05) is 18.2 Å². The summed E-state index contributed by atoms with van der Waals surface area (Å²) in [7, 11) is 0. The van der Waals surface area contributed by atoms with Gasteiger partial charge in [0.2, 0.25) is 0 Å². The number of nitrogens with zero attached hydrogens (tertiary/aromatic N) is 1. The lowest BCUT2D eigenvalue weighted by molar-refractivity contribution is 0.138. The Bertz CT molecular complexity index is 358. The predicted molar refractivity (Wildman–Crippen MR) is 66.8 cm³/mol. The van der Waals surface area contributed by atoms with E-state index in [1.165, 1.54) is 12.8 Å². The highest BCUT2D eigenvalue weighted by Gasteiger charge is 2.26. The Morgan fingerprint density at radius 1 is 1.29 bits per heavy atom. The number of amides is 1. The van der Waals surface area contributed by atoms with Crippen LogP contribution in [-0.2, 0) is 0 Å². The molecule has 0 saturated heterocycles. The molecule has 0 aliphatic heterocycles. The maximum atomic E-state index is 12.0. The van der Waals surface area contributed by atoms with Gasteiger partial charge in [-0.1, -0.05) is 31.0 Å². The summed E-state index contributed by atoms with van der Waals surface area (Å²) in [6.07, 6.45) is 4.25. The summed E-state index contributed by atoms with van der Waals surface area (Å²) in [6, 6.07) is 9.48.